The predicted molar refractivity (Wildman–Crippen MR) is 59.5 cm³/mol. The minimum atomic E-state index is -0.110. The lowest BCUT2D eigenvalue weighted by Crippen LogP contribution is -2.16. The molecule has 0 fully saturated rings. The summed E-state index contributed by atoms with van der Waals surface area (Å²) in [5.41, 5.74) is 3.56. The van der Waals surface area contributed by atoms with E-state index >= 15 is 0 Å². The molecule has 0 radical (unpaired) electrons. The van der Waals surface area contributed by atoms with Gasteiger partial charge in [-0.05, 0) is 18.4 Å². The third-order valence-electron chi connectivity index (χ3n) is 1.81. The third kappa shape index (κ3) is 1.81. The summed E-state index contributed by atoms with van der Waals surface area (Å²) in [6.45, 7) is 0. The Morgan fingerprint density at radius 3 is 2.93 bits per heavy atom. The Bertz CT molecular complexity index is 370. The van der Waals surface area contributed by atoms with Crippen LogP contribution in [0.25, 0.3) is 0 Å². The van der Waals surface area contributed by atoms with Crippen LogP contribution >= 0.6 is 23.4 Å². The minimum Gasteiger partial charge on any atom is -0.441 e. The number of hydrogen-bond donors (Lipinski definition) is 1. The number of hydrogen-bond acceptors (Lipinski definition) is 4. The van der Waals surface area contributed by atoms with Gasteiger partial charge in [-0.25, -0.2) is 0 Å². The van der Waals surface area contributed by atoms with E-state index < -0.39 is 0 Å². The van der Waals surface area contributed by atoms with Crippen molar-refractivity contribution in [2.45, 2.75) is 5.56 Å². The van der Waals surface area contributed by atoms with Gasteiger partial charge in [0, 0.05) is 0 Å². The normalized spacial score (nSPS) is 19.9. The number of rotatable bonds is 2. The molecule has 0 saturated heterocycles. The van der Waals surface area contributed by atoms with Gasteiger partial charge < -0.3 is 4.74 Å². The van der Waals surface area contributed by atoms with Gasteiger partial charge in [0.2, 0.25) is 11.5 Å². The van der Waals surface area contributed by atoms with Gasteiger partial charge in [-0.2, -0.15) is 0 Å². The van der Waals surface area contributed by atoms with Crippen LogP contribution in [0, 0.1) is 0 Å². The van der Waals surface area contributed by atoms with E-state index in [9.17, 15) is 0 Å². The van der Waals surface area contributed by atoms with Gasteiger partial charge in [0.05, 0.1) is 10.6 Å². The summed E-state index contributed by atoms with van der Waals surface area (Å²) in [6, 6.07) is 7.47. The van der Waals surface area contributed by atoms with Crippen molar-refractivity contribution in [1.29, 1.82) is 0 Å². The van der Waals surface area contributed by atoms with Gasteiger partial charge in [-0.1, -0.05) is 35.5 Å². The fourth-order valence-corrected chi connectivity index (χ4v) is 1.69. The zero-order chi connectivity index (χ0) is 9.97. The maximum atomic E-state index is 6.00. The Balaban J connectivity index is 2.22. The molecule has 1 aliphatic rings. The molecule has 0 saturated carbocycles. The van der Waals surface area contributed by atoms with Crippen LogP contribution in [0.3, 0.4) is 0 Å². The largest absolute Gasteiger partial charge is 0.441 e. The third-order valence-corrected chi connectivity index (χ3v) is 2.77. The van der Waals surface area contributed by atoms with Gasteiger partial charge in [0.1, 0.15) is 0 Å². The van der Waals surface area contributed by atoms with Gasteiger partial charge >= 0.3 is 0 Å². The minimum absolute atomic E-state index is 0.110. The van der Waals surface area contributed by atoms with Crippen molar-refractivity contribution in [2.24, 2.45) is 5.10 Å². The average Bonchev–Trinajstić information content (AvgIpc) is 2.67. The zero-order valence-electron chi connectivity index (χ0n) is 7.53. The molecule has 5 heteroatoms. The highest BCUT2D eigenvalue weighted by Gasteiger charge is 2.20. The lowest BCUT2D eigenvalue weighted by molar-refractivity contribution is 0.281. The fraction of sp³-hybridized carbons (Fsp3) is 0.222. The molecular weight excluding hydrogens is 220 g/mol. The molecule has 1 aromatic carbocycles. The molecule has 0 aromatic heterocycles. The van der Waals surface area contributed by atoms with Crippen LogP contribution in [0.15, 0.2) is 29.4 Å². The first kappa shape index (κ1) is 9.68. The summed E-state index contributed by atoms with van der Waals surface area (Å²) in [6.07, 6.45) is 1.95. The van der Waals surface area contributed by atoms with Gasteiger partial charge in [0.25, 0.3) is 0 Å². The van der Waals surface area contributed by atoms with Crippen LogP contribution in [0.2, 0.25) is 5.02 Å². The number of benzene rings is 1. The van der Waals surface area contributed by atoms with Crippen molar-refractivity contribution in [3.05, 3.63) is 34.9 Å². The molecule has 2 rings (SSSR count). The fourth-order valence-electron chi connectivity index (χ4n) is 1.12. The highest BCUT2D eigenvalue weighted by Crippen LogP contribution is 2.21. The van der Waals surface area contributed by atoms with Gasteiger partial charge in [-0.3, -0.25) is 5.43 Å². The monoisotopic (exact) mass is 228 g/mol. The first-order chi connectivity index (χ1) is 6.81. The Morgan fingerprint density at radius 2 is 2.29 bits per heavy atom. The van der Waals surface area contributed by atoms with Crippen molar-refractivity contribution in [2.75, 3.05) is 6.26 Å². The summed E-state index contributed by atoms with van der Waals surface area (Å²) in [5, 5.41) is 4.71. The summed E-state index contributed by atoms with van der Waals surface area (Å²) in [4.78, 5) is 0. The molecule has 1 unspecified atom stereocenters. The predicted octanol–water partition coefficient (Wildman–Crippen LogP) is 2.27. The van der Waals surface area contributed by atoms with E-state index in [1.165, 1.54) is 0 Å². The average molecular weight is 229 g/mol. The number of ether oxygens (including phenoxy) is 1. The van der Waals surface area contributed by atoms with E-state index in [0.29, 0.717) is 10.9 Å². The summed E-state index contributed by atoms with van der Waals surface area (Å²) in [5.74, 6) is 0.551. The SMILES string of the molecule is CSC1NN=C(c2ccccc2Cl)O1. The molecule has 1 N–H and O–H groups in total. The number of thioether (sulfide) groups is 1. The molecule has 0 bridgehead atoms. The standard InChI is InChI=1S/C9H9ClN2OS/c1-14-9-12-11-8(13-9)6-4-2-3-5-7(6)10/h2-5,9,12H,1H3. The number of nitrogens with one attached hydrogen (secondary N) is 1. The van der Waals surface area contributed by atoms with Crippen molar-refractivity contribution in [1.82, 2.24) is 5.43 Å². The summed E-state index contributed by atoms with van der Waals surface area (Å²) < 4.78 is 5.49. The first-order valence-corrected chi connectivity index (χ1v) is 5.75. The molecule has 1 atom stereocenters. The Hall–Kier alpha value is -0.870. The van der Waals surface area contributed by atoms with Crippen LogP contribution in [0.4, 0.5) is 0 Å². The zero-order valence-corrected chi connectivity index (χ0v) is 9.10. The van der Waals surface area contributed by atoms with Crippen LogP contribution < -0.4 is 5.43 Å². The highest BCUT2D eigenvalue weighted by molar-refractivity contribution is 7.99. The number of hydrazone groups is 1. The van der Waals surface area contributed by atoms with E-state index in [2.05, 4.69) is 10.5 Å². The van der Waals surface area contributed by atoms with E-state index in [4.69, 9.17) is 16.3 Å². The van der Waals surface area contributed by atoms with Crippen molar-refractivity contribution in [3.63, 3.8) is 0 Å². The maximum absolute atomic E-state index is 6.00. The second-order valence-corrected chi connectivity index (χ2v) is 4.02. The van der Waals surface area contributed by atoms with Gasteiger partial charge in [-0.15, -0.1) is 5.10 Å². The Morgan fingerprint density at radius 1 is 1.50 bits per heavy atom. The topological polar surface area (TPSA) is 33.6 Å². The smallest absolute Gasteiger partial charge is 0.242 e. The van der Waals surface area contributed by atoms with Crippen molar-refractivity contribution >= 4 is 29.3 Å². The molecular formula is C9H9ClN2OS. The van der Waals surface area contributed by atoms with Crippen molar-refractivity contribution < 1.29 is 4.74 Å². The second-order valence-electron chi connectivity index (χ2n) is 2.71. The maximum Gasteiger partial charge on any atom is 0.242 e. The molecule has 14 heavy (non-hydrogen) atoms. The van der Waals surface area contributed by atoms with Crippen LogP contribution in [0.5, 0.6) is 0 Å². The van der Waals surface area contributed by atoms with Crippen LogP contribution in [0.1, 0.15) is 5.56 Å². The Labute approximate surface area is 91.5 Å². The van der Waals surface area contributed by atoms with E-state index in [1.807, 2.05) is 30.5 Å². The second kappa shape index (κ2) is 4.11. The molecule has 0 aliphatic carbocycles. The van der Waals surface area contributed by atoms with E-state index in [1.54, 1.807) is 11.8 Å². The Kier molecular flexibility index (Phi) is 2.84. The number of nitrogens with zero attached hydrogens (tertiary/aromatic N) is 1. The van der Waals surface area contributed by atoms with Crippen molar-refractivity contribution in [3.8, 4) is 0 Å². The molecule has 0 amide bonds. The van der Waals surface area contributed by atoms with Crippen LogP contribution in [-0.2, 0) is 4.74 Å². The molecule has 3 nitrogen and oxygen atoms in total. The molecule has 1 heterocycles. The lowest BCUT2D eigenvalue weighted by Gasteiger charge is -2.07. The molecule has 1 aliphatic heterocycles. The molecule has 74 valence electrons. The van der Waals surface area contributed by atoms with Gasteiger partial charge in [0.15, 0.2) is 0 Å². The number of halogens is 1. The molecule has 0 spiro atoms. The van der Waals surface area contributed by atoms with E-state index in [-0.39, 0.29) is 5.56 Å². The summed E-state index contributed by atoms with van der Waals surface area (Å²) >= 11 is 7.55. The first-order valence-electron chi connectivity index (χ1n) is 4.09. The highest BCUT2D eigenvalue weighted by atomic mass is 35.5. The summed E-state index contributed by atoms with van der Waals surface area (Å²) in [7, 11) is 0. The van der Waals surface area contributed by atoms with Crippen LogP contribution in [-0.4, -0.2) is 17.7 Å². The lowest BCUT2D eigenvalue weighted by atomic mass is 10.2. The quantitative estimate of drug-likeness (QED) is 0.843. The molecule has 1 aromatic rings. The van der Waals surface area contributed by atoms with E-state index in [0.717, 1.165) is 5.56 Å².